The summed E-state index contributed by atoms with van der Waals surface area (Å²) < 4.78 is 39.1. The van der Waals surface area contributed by atoms with Crippen molar-refractivity contribution in [3.05, 3.63) is 70.7 Å². The maximum absolute atomic E-state index is 13.0. The summed E-state index contributed by atoms with van der Waals surface area (Å²) in [7, 11) is 0. The number of carbonyl (C=O) groups excluding carboxylic acids is 2. The van der Waals surface area contributed by atoms with Crippen LogP contribution in [-0.4, -0.2) is 45.7 Å². The molecule has 188 valence electrons. The first-order chi connectivity index (χ1) is 17.6. The van der Waals surface area contributed by atoms with Crippen molar-refractivity contribution >= 4 is 46.8 Å². The van der Waals surface area contributed by atoms with Gasteiger partial charge in [0.05, 0.1) is 12.1 Å². The largest absolute Gasteiger partial charge is 0.416 e. The van der Waals surface area contributed by atoms with Crippen LogP contribution >= 0.6 is 0 Å². The van der Waals surface area contributed by atoms with E-state index in [0.29, 0.717) is 36.5 Å². The number of aryl methyl sites for hydroxylation is 1. The van der Waals surface area contributed by atoms with Crippen LogP contribution in [0.2, 0.25) is 0 Å². The molecule has 0 atom stereocenters. The van der Waals surface area contributed by atoms with Gasteiger partial charge in [-0.05, 0) is 48.4 Å². The summed E-state index contributed by atoms with van der Waals surface area (Å²) in [5.41, 5.74) is 2.28. The number of nitrogens with zero attached hydrogens (tertiary/aromatic N) is 5. The Bertz CT molecular complexity index is 1500. The van der Waals surface area contributed by atoms with E-state index in [1.807, 2.05) is 17.9 Å². The van der Waals surface area contributed by atoms with Gasteiger partial charge in [-0.2, -0.15) is 18.2 Å². The summed E-state index contributed by atoms with van der Waals surface area (Å²) in [4.78, 5) is 43.2. The first kappa shape index (κ1) is 24.1. The number of amides is 2. The molecule has 12 heteroatoms. The Kier molecular flexibility index (Phi) is 5.94. The molecule has 0 saturated heterocycles. The molecule has 0 aliphatic carbocycles. The first-order valence-corrected chi connectivity index (χ1v) is 11.2. The third-order valence-corrected chi connectivity index (χ3v) is 5.83. The smallest absolute Gasteiger partial charge is 0.321 e. The van der Waals surface area contributed by atoms with Gasteiger partial charge in [0.15, 0.2) is 0 Å². The van der Waals surface area contributed by atoms with Crippen molar-refractivity contribution in [2.45, 2.75) is 20.0 Å². The molecule has 37 heavy (non-hydrogen) atoms. The van der Waals surface area contributed by atoms with Crippen LogP contribution < -0.4 is 15.5 Å². The lowest BCUT2D eigenvalue weighted by molar-refractivity contribution is -0.137. The minimum Gasteiger partial charge on any atom is -0.321 e. The van der Waals surface area contributed by atoms with Crippen molar-refractivity contribution in [1.29, 1.82) is 0 Å². The van der Waals surface area contributed by atoms with E-state index in [0.717, 1.165) is 34.5 Å². The molecular weight excluding hydrogens is 487 g/mol. The van der Waals surface area contributed by atoms with Crippen LogP contribution in [0.25, 0.3) is 11.6 Å². The van der Waals surface area contributed by atoms with Crippen LogP contribution in [0, 0.1) is 6.92 Å². The van der Waals surface area contributed by atoms with Gasteiger partial charge in [-0.15, -0.1) is 0 Å². The second-order valence-electron chi connectivity index (χ2n) is 8.48. The molecule has 0 radical (unpaired) electrons. The zero-order valence-corrected chi connectivity index (χ0v) is 19.7. The third kappa shape index (κ3) is 4.77. The number of hydrogen-bond donors (Lipinski definition) is 2. The molecule has 0 saturated carbocycles. The van der Waals surface area contributed by atoms with Gasteiger partial charge in [0.2, 0.25) is 11.9 Å². The van der Waals surface area contributed by atoms with Gasteiger partial charge in [-0.3, -0.25) is 24.9 Å². The van der Waals surface area contributed by atoms with Crippen LogP contribution in [0.3, 0.4) is 0 Å². The fourth-order valence-electron chi connectivity index (χ4n) is 4.14. The van der Waals surface area contributed by atoms with Crippen LogP contribution in [-0.2, 0) is 11.0 Å². The van der Waals surface area contributed by atoms with Crippen molar-refractivity contribution in [1.82, 2.24) is 15.0 Å². The molecule has 1 aromatic carbocycles. The van der Waals surface area contributed by atoms with E-state index in [9.17, 15) is 22.8 Å². The Balaban J connectivity index is 1.48. The zero-order valence-electron chi connectivity index (χ0n) is 19.7. The lowest BCUT2D eigenvalue weighted by atomic mass is 9.94. The van der Waals surface area contributed by atoms with Gasteiger partial charge >= 0.3 is 6.18 Å². The number of carbonyl (C=O) groups is 2. The van der Waals surface area contributed by atoms with Crippen LogP contribution in [0.15, 0.2) is 47.7 Å². The summed E-state index contributed by atoms with van der Waals surface area (Å²) in [6.07, 6.45) is -0.132. The molecule has 0 fully saturated rings. The number of hydrogen-bond acceptors (Lipinski definition) is 7. The molecule has 2 N–H and O–H groups in total. The maximum Gasteiger partial charge on any atom is 0.416 e. The highest BCUT2D eigenvalue weighted by Gasteiger charge is 2.32. The van der Waals surface area contributed by atoms with Gasteiger partial charge in [-0.25, -0.2) is 4.98 Å². The van der Waals surface area contributed by atoms with Gasteiger partial charge < -0.3 is 10.2 Å². The Morgan fingerprint density at radius 1 is 1.08 bits per heavy atom. The predicted octanol–water partition coefficient (Wildman–Crippen LogP) is 4.18. The Hall–Kier alpha value is -4.61. The van der Waals surface area contributed by atoms with Crippen LogP contribution in [0.4, 0.5) is 30.6 Å². The average Bonchev–Trinajstić information content (AvgIpc) is 3.35. The molecule has 5 rings (SSSR count). The van der Waals surface area contributed by atoms with Gasteiger partial charge in [0.1, 0.15) is 17.3 Å². The van der Waals surface area contributed by atoms with Gasteiger partial charge in [-0.1, -0.05) is 6.07 Å². The first-order valence-electron chi connectivity index (χ1n) is 11.2. The number of pyridine rings is 1. The second-order valence-corrected chi connectivity index (χ2v) is 8.48. The average molecular weight is 507 g/mol. The summed E-state index contributed by atoms with van der Waals surface area (Å²) in [6.45, 7) is 4.41. The molecule has 3 aromatic rings. The predicted molar refractivity (Wildman–Crippen MR) is 132 cm³/mol. The molecule has 2 aliphatic rings. The van der Waals surface area contributed by atoms with Crippen molar-refractivity contribution in [3.63, 3.8) is 0 Å². The lowest BCUT2D eigenvalue weighted by Gasteiger charge is -2.28. The number of rotatable bonds is 4. The molecule has 2 amide bonds. The van der Waals surface area contributed by atoms with E-state index in [-0.39, 0.29) is 17.5 Å². The van der Waals surface area contributed by atoms with Gasteiger partial charge in [0, 0.05) is 42.7 Å². The molecule has 0 bridgehead atoms. The number of alkyl halides is 3. The van der Waals surface area contributed by atoms with Gasteiger partial charge in [0.25, 0.3) is 5.91 Å². The zero-order chi connectivity index (χ0) is 26.3. The number of benzene rings is 1. The number of aliphatic imine (C=N–C) groups is 1. The fraction of sp³-hybridized carbons (Fsp3) is 0.200. The standard InChI is InChI=1S/C25H20F3N7O2/c1-13-3-4-17(33-23(37)20-10-16(5-6-29-20)25(26,27)28)11-18(13)19-9-15-12-31-24(32-14(2)36)34-21(15)35-8-7-30-22(19)35/h3-6,9-12H,7-8H2,1-2H3,(H,33,37)(H,31,32,34,36). The minimum absolute atomic E-state index is 0.193. The molecule has 0 spiro atoms. The van der Waals surface area contributed by atoms with E-state index in [1.165, 1.54) is 6.92 Å². The van der Waals surface area contributed by atoms with Crippen LogP contribution in [0.5, 0.6) is 0 Å². The van der Waals surface area contributed by atoms with E-state index < -0.39 is 17.6 Å². The van der Waals surface area contributed by atoms with Crippen molar-refractivity contribution < 1.29 is 22.8 Å². The molecule has 9 nitrogen and oxygen atoms in total. The molecule has 2 aliphatic heterocycles. The highest BCUT2D eigenvalue weighted by Crippen LogP contribution is 2.37. The van der Waals surface area contributed by atoms with Crippen molar-refractivity contribution in [2.75, 3.05) is 28.6 Å². The lowest BCUT2D eigenvalue weighted by Crippen LogP contribution is -2.32. The SMILES string of the molecule is CC(=O)Nc1ncc2c(n1)N1CCN=C1C(c1cc(NC(=O)c3cc(C(F)(F)F)ccn3)ccc1C)=C2. The molecule has 2 aromatic heterocycles. The highest BCUT2D eigenvalue weighted by atomic mass is 19.4. The summed E-state index contributed by atoms with van der Waals surface area (Å²) in [6, 6.07) is 6.73. The normalized spacial score (nSPS) is 14.4. The van der Waals surface area contributed by atoms with Crippen molar-refractivity contribution in [3.8, 4) is 0 Å². The Morgan fingerprint density at radius 3 is 2.65 bits per heavy atom. The quantitative estimate of drug-likeness (QED) is 0.548. The second kappa shape index (κ2) is 9.12. The number of aromatic nitrogens is 3. The molecule has 0 unspecified atom stereocenters. The maximum atomic E-state index is 13.0. The molecule has 4 heterocycles. The number of nitrogens with one attached hydrogen (secondary N) is 2. The highest BCUT2D eigenvalue weighted by molar-refractivity contribution is 6.36. The number of halogens is 3. The Labute approximate surface area is 209 Å². The fourth-order valence-corrected chi connectivity index (χ4v) is 4.14. The van der Waals surface area contributed by atoms with E-state index in [2.05, 4.69) is 30.6 Å². The van der Waals surface area contributed by atoms with E-state index >= 15 is 0 Å². The number of amidine groups is 1. The topological polar surface area (TPSA) is 112 Å². The van der Waals surface area contributed by atoms with E-state index in [1.54, 1.807) is 24.4 Å². The summed E-state index contributed by atoms with van der Waals surface area (Å²) >= 11 is 0. The van der Waals surface area contributed by atoms with Crippen LogP contribution in [0.1, 0.15) is 39.7 Å². The number of fused-ring (bicyclic) bond motifs is 3. The Morgan fingerprint density at radius 2 is 1.89 bits per heavy atom. The summed E-state index contributed by atoms with van der Waals surface area (Å²) in [5, 5.41) is 5.22. The number of anilines is 3. The monoisotopic (exact) mass is 507 g/mol. The van der Waals surface area contributed by atoms with Crippen molar-refractivity contribution in [2.24, 2.45) is 4.99 Å². The minimum atomic E-state index is -4.58. The third-order valence-electron chi connectivity index (χ3n) is 5.83. The van der Waals surface area contributed by atoms with E-state index in [4.69, 9.17) is 0 Å². The summed E-state index contributed by atoms with van der Waals surface area (Å²) in [5.74, 6) is 0.459. The molecular formula is C25H20F3N7O2.